The van der Waals surface area contributed by atoms with Crippen LogP contribution in [-0.4, -0.2) is 68.2 Å². The van der Waals surface area contributed by atoms with Crippen LogP contribution >= 0.6 is 11.8 Å². The van der Waals surface area contributed by atoms with Gasteiger partial charge in [-0.3, -0.25) is 9.36 Å². The molecule has 40 heavy (non-hydrogen) atoms. The first-order valence-electron chi connectivity index (χ1n) is 12.0. The summed E-state index contributed by atoms with van der Waals surface area (Å²) in [4.78, 5) is 12.7. The number of aromatic nitrogens is 3. The molecule has 0 saturated carbocycles. The fourth-order valence-corrected chi connectivity index (χ4v) is 4.49. The van der Waals surface area contributed by atoms with Crippen molar-refractivity contribution in [3.8, 4) is 45.8 Å². The van der Waals surface area contributed by atoms with Crippen LogP contribution in [0.4, 0.5) is 0 Å². The van der Waals surface area contributed by atoms with Gasteiger partial charge in [-0.2, -0.15) is 5.10 Å². The van der Waals surface area contributed by atoms with Crippen molar-refractivity contribution in [1.29, 1.82) is 0 Å². The van der Waals surface area contributed by atoms with Crippen molar-refractivity contribution in [1.82, 2.24) is 20.2 Å². The summed E-state index contributed by atoms with van der Waals surface area (Å²) in [6.45, 7) is 0. The highest BCUT2D eigenvalue weighted by molar-refractivity contribution is 7.99. The van der Waals surface area contributed by atoms with Crippen molar-refractivity contribution in [3.63, 3.8) is 0 Å². The van der Waals surface area contributed by atoms with Gasteiger partial charge in [0.05, 0.1) is 47.5 Å². The SMILES string of the molecule is COc1ccc(-c2nnc(SCC(=O)NN=Cc3cc(OC)c(OC)cc3OC)n2-c2ccc(OC)cc2)cc1. The van der Waals surface area contributed by atoms with E-state index < -0.39 is 0 Å². The van der Waals surface area contributed by atoms with Crippen LogP contribution in [-0.2, 0) is 4.79 Å². The van der Waals surface area contributed by atoms with Gasteiger partial charge >= 0.3 is 0 Å². The molecule has 1 amide bonds. The molecule has 1 N–H and O–H groups in total. The molecule has 0 unspecified atom stereocenters. The number of hydrogen-bond acceptors (Lipinski definition) is 10. The van der Waals surface area contributed by atoms with Gasteiger partial charge in [0, 0.05) is 22.9 Å². The Labute approximate surface area is 236 Å². The summed E-state index contributed by atoms with van der Waals surface area (Å²) in [7, 11) is 7.84. The minimum absolute atomic E-state index is 0.0529. The molecular formula is C28H29N5O6S. The number of nitrogens with zero attached hydrogens (tertiary/aromatic N) is 4. The maximum absolute atomic E-state index is 12.7. The number of ether oxygens (including phenoxy) is 5. The average molecular weight is 564 g/mol. The molecule has 0 atom stereocenters. The Hall–Kier alpha value is -4.71. The van der Waals surface area contributed by atoms with E-state index in [4.69, 9.17) is 23.7 Å². The molecule has 0 aliphatic heterocycles. The summed E-state index contributed by atoms with van der Waals surface area (Å²) < 4.78 is 28.5. The summed E-state index contributed by atoms with van der Waals surface area (Å²) in [6, 6.07) is 18.4. The Balaban J connectivity index is 1.52. The minimum Gasteiger partial charge on any atom is -0.497 e. The highest BCUT2D eigenvalue weighted by Crippen LogP contribution is 2.34. The van der Waals surface area contributed by atoms with Crippen LogP contribution in [0.1, 0.15) is 5.56 Å². The molecule has 3 aromatic carbocycles. The number of carbonyl (C=O) groups excluding carboxylic acids is 1. The van der Waals surface area contributed by atoms with Crippen LogP contribution in [0, 0.1) is 0 Å². The Morgan fingerprint density at radius 3 is 2.02 bits per heavy atom. The number of carbonyl (C=O) groups is 1. The lowest BCUT2D eigenvalue weighted by atomic mass is 10.2. The molecule has 0 aliphatic carbocycles. The maximum atomic E-state index is 12.7. The standard InChI is InChI=1S/C28H29N5O6S/c1-35-21-10-6-18(7-11-21)27-31-32-28(33(27)20-8-12-22(36-2)13-9-20)40-17-26(34)30-29-16-19-14-24(38-4)25(39-5)15-23(19)37-3/h6-16H,17H2,1-5H3,(H,30,34). The normalized spacial score (nSPS) is 10.8. The number of hydrogen-bond donors (Lipinski definition) is 1. The highest BCUT2D eigenvalue weighted by atomic mass is 32.2. The molecule has 0 radical (unpaired) electrons. The van der Waals surface area contributed by atoms with E-state index in [0.29, 0.717) is 33.8 Å². The second kappa shape index (κ2) is 13.4. The van der Waals surface area contributed by atoms with Gasteiger partial charge in [0.1, 0.15) is 17.2 Å². The van der Waals surface area contributed by atoms with Gasteiger partial charge in [-0.1, -0.05) is 11.8 Å². The Kier molecular flexibility index (Phi) is 9.47. The molecule has 0 aliphatic rings. The zero-order chi connectivity index (χ0) is 28.5. The van der Waals surface area contributed by atoms with Crippen LogP contribution in [0.2, 0.25) is 0 Å². The first kappa shape index (κ1) is 28.3. The Morgan fingerprint density at radius 2 is 1.43 bits per heavy atom. The van der Waals surface area contributed by atoms with Crippen molar-refractivity contribution in [2.24, 2.45) is 5.10 Å². The molecule has 12 heteroatoms. The van der Waals surface area contributed by atoms with Crippen molar-refractivity contribution in [2.45, 2.75) is 5.16 Å². The zero-order valence-corrected chi connectivity index (χ0v) is 23.5. The molecule has 0 saturated heterocycles. The van der Waals surface area contributed by atoms with E-state index in [1.54, 1.807) is 33.5 Å². The number of hydrazone groups is 1. The van der Waals surface area contributed by atoms with Crippen LogP contribution in [0.15, 0.2) is 70.9 Å². The summed E-state index contributed by atoms with van der Waals surface area (Å²) in [5.74, 6) is 3.35. The number of thioether (sulfide) groups is 1. The van der Waals surface area contributed by atoms with Gasteiger partial charge in [-0.15, -0.1) is 10.2 Å². The van der Waals surface area contributed by atoms with E-state index in [9.17, 15) is 4.79 Å². The van der Waals surface area contributed by atoms with E-state index in [2.05, 4.69) is 20.7 Å². The van der Waals surface area contributed by atoms with Gasteiger partial charge in [0.25, 0.3) is 5.91 Å². The van der Waals surface area contributed by atoms with Crippen LogP contribution in [0.3, 0.4) is 0 Å². The van der Waals surface area contributed by atoms with Crippen molar-refractivity contribution >= 4 is 23.9 Å². The summed E-state index contributed by atoms with van der Waals surface area (Å²) in [6.07, 6.45) is 1.48. The lowest BCUT2D eigenvalue weighted by Crippen LogP contribution is -2.20. The number of rotatable bonds is 12. The number of benzene rings is 3. The van der Waals surface area contributed by atoms with Crippen molar-refractivity contribution in [3.05, 3.63) is 66.2 Å². The Bertz CT molecular complexity index is 1470. The second-order valence-electron chi connectivity index (χ2n) is 8.10. The first-order valence-corrected chi connectivity index (χ1v) is 13.0. The van der Waals surface area contributed by atoms with Crippen LogP contribution in [0.5, 0.6) is 28.7 Å². The van der Waals surface area contributed by atoms with Gasteiger partial charge in [-0.25, -0.2) is 5.43 Å². The highest BCUT2D eigenvalue weighted by Gasteiger charge is 2.18. The minimum atomic E-state index is -0.323. The largest absolute Gasteiger partial charge is 0.497 e. The number of nitrogens with one attached hydrogen (secondary N) is 1. The van der Waals surface area contributed by atoms with Crippen molar-refractivity contribution < 1.29 is 28.5 Å². The molecule has 1 aromatic heterocycles. The summed E-state index contributed by atoms with van der Waals surface area (Å²) in [5, 5.41) is 13.4. The number of amides is 1. The van der Waals surface area contributed by atoms with Gasteiger partial charge < -0.3 is 23.7 Å². The van der Waals surface area contributed by atoms with E-state index >= 15 is 0 Å². The summed E-state index contributed by atoms with van der Waals surface area (Å²) in [5.41, 5.74) is 4.81. The van der Waals surface area contributed by atoms with E-state index in [1.807, 2.05) is 53.1 Å². The van der Waals surface area contributed by atoms with E-state index in [-0.39, 0.29) is 11.7 Å². The quantitative estimate of drug-likeness (QED) is 0.154. The molecule has 0 bridgehead atoms. The molecule has 11 nitrogen and oxygen atoms in total. The molecular weight excluding hydrogens is 534 g/mol. The van der Waals surface area contributed by atoms with Gasteiger partial charge in [-0.05, 0) is 54.6 Å². The monoisotopic (exact) mass is 563 g/mol. The molecule has 0 fully saturated rings. The third-order valence-corrected chi connectivity index (χ3v) is 6.70. The predicted molar refractivity (Wildman–Crippen MR) is 152 cm³/mol. The third kappa shape index (κ3) is 6.46. The fourth-order valence-electron chi connectivity index (χ4n) is 3.74. The molecule has 4 aromatic rings. The predicted octanol–water partition coefficient (Wildman–Crippen LogP) is 4.22. The zero-order valence-electron chi connectivity index (χ0n) is 22.7. The molecule has 0 spiro atoms. The van der Waals surface area contributed by atoms with Crippen LogP contribution in [0.25, 0.3) is 17.1 Å². The third-order valence-electron chi connectivity index (χ3n) is 5.77. The molecule has 1 heterocycles. The van der Waals surface area contributed by atoms with Crippen LogP contribution < -0.4 is 29.1 Å². The van der Waals surface area contributed by atoms with Gasteiger partial charge in [0.15, 0.2) is 22.5 Å². The first-order chi connectivity index (χ1) is 19.5. The second-order valence-corrected chi connectivity index (χ2v) is 9.04. The molecule has 4 rings (SSSR count). The lowest BCUT2D eigenvalue weighted by molar-refractivity contribution is -0.118. The molecule has 208 valence electrons. The number of methoxy groups -OCH3 is 5. The van der Waals surface area contributed by atoms with Crippen molar-refractivity contribution in [2.75, 3.05) is 41.3 Å². The van der Waals surface area contributed by atoms with Gasteiger partial charge in [0.2, 0.25) is 0 Å². The maximum Gasteiger partial charge on any atom is 0.250 e. The smallest absolute Gasteiger partial charge is 0.250 e. The lowest BCUT2D eigenvalue weighted by Gasteiger charge is -2.12. The van der Waals surface area contributed by atoms with E-state index in [1.165, 1.54) is 32.2 Å². The fraction of sp³-hybridized carbons (Fsp3) is 0.214. The Morgan fingerprint density at radius 1 is 0.825 bits per heavy atom. The van der Waals surface area contributed by atoms with E-state index in [0.717, 1.165) is 22.7 Å². The summed E-state index contributed by atoms with van der Waals surface area (Å²) >= 11 is 1.23. The topological polar surface area (TPSA) is 118 Å². The average Bonchev–Trinajstić information content (AvgIpc) is 3.43.